The van der Waals surface area contributed by atoms with Crippen molar-refractivity contribution in [1.29, 1.82) is 5.26 Å². The van der Waals surface area contributed by atoms with Gasteiger partial charge in [-0.25, -0.2) is 0 Å². The van der Waals surface area contributed by atoms with E-state index in [-0.39, 0.29) is 5.54 Å². The van der Waals surface area contributed by atoms with Crippen molar-refractivity contribution in [3.05, 3.63) is 30.3 Å². The molecule has 0 N–H and O–H groups in total. The Kier molecular flexibility index (Phi) is 4.66. The summed E-state index contributed by atoms with van der Waals surface area (Å²) in [4.78, 5) is 7.33. The number of nitriles is 1. The number of rotatable bonds is 3. The van der Waals surface area contributed by atoms with Crippen molar-refractivity contribution in [3.8, 4) is 6.07 Å². The summed E-state index contributed by atoms with van der Waals surface area (Å²) in [5.41, 5.74) is 1.07. The molecule has 0 spiro atoms. The van der Waals surface area contributed by atoms with Crippen molar-refractivity contribution in [3.63, 3.8) is 0 Å². The second-order valence-corrected chi connectivity index (χ2v) is 6.39. The van der Waals surface area contributed by atoms with Crippen molar-refractivity contribution >= 4 is 5.69 Å². The van der Waals surface area contributed by atoms with Crippen LogP contribution in [0.15, 0.2) is 30.3 Å². The molecule has 4 nitrogen and oxygen atoms in total. The molecular weight excluding hydrogens is 272 g/mol. The maximum Gasteiger partial charge on any atom is 0.111 e. The second kappa shape index (κ2) is 6.68. The molecule has 1 aromatic carbocycles. The summed E-state index contributed by atoms with van der Waals surface area (Å²) >= 11 is 0. The maximum absolute atomic E-state index is 9.81. The molecule has 4 heteroatoms. The van der Waals surface area contributed by atoms with Crippen LogP contribution in [0.2, 0.25) is 0 Å². The fourth-order valence-corrected chi connectivity index (χ4v) is 3.77. The molecule has 2 aliphatic heterocycles. The summed E-state index contributed by atoms with van der Waals surface area (Å²) in [6.07, 6.45) is 1.98. The average molecular weight is 298 g/mol. The largest absolute Gasteiger partial charge is 0.369 e. The molecule has 0 amide bonds. The van der Waals surface area contributed by atoms with E-state index in [1.54, 1.807) is 0 Å². The van der Waals surface area contributed by atoms with Crippen molar-refractivity contribution in [2.45, 2.75) is 25.3 Å². The van der Waals surface area contributed by atoms with E-state index in [1.165, 1.54) is 5.69 Å². The lowest BCUT2D eigenvalue weighted by Crippen LogP contribution is -2.60. The smallest absolute Gasteiger partial charge is 0.111 e. The van der Waals surface area contributed by atoms with Gasteiger partial charge in [0.25, 0.3) is 0 Å². The summed E-state index contributed by atoms with van der Waals surface area (Å²) in [7, 11) is 0. The van der Waals surface area contributed by atoms with Crippen LogP contribution in [0.4, 0.5) is 5.69 Å². The highest BCUT2D eigenvalue weighted by Gasteiger charge is 2.41. The molecule has 0 atom stereocenters. The first-order valence-corrected chi connectivity index (χ1v) is 8.46. The molecule has 2 fully saturated rings. The zero-order chi connectivity index (χ0) is 15.4. The van der Waals surface area contributed by atoms with Crippen LogP contribution in [0.3, 0.4) is 0 Å². The highest BCUT2D eigenvalue weighted by molar-refractivity contribution is 5.46. The molecular formula is C18H26N4. The van der Waals surface area contributed by atoms with Gasteiger partial charge in [-0.05, 0) is 31.5 Å². The van der Waals surface area contributed by atoms with E-state index >= 15 is 0 Å². The molecule has 2 heterocycles. The van der Waals surface area contributed by atoms with E-state index in [9.17, 15) is 5.26 Å². The van der Waals surface area contributed by atoms with Gasteiger partial charge in [0.15, 0.2) is 0 Å². The van der Waals surface area contributed by atoms with Gasteiger partial charge in [-0.3, -0.25) is 4.90 Å². The molecule has 2 saturated heterocycles. The zero-order valence-corrected chi connectivity index (χ0v) is 13.5. The summed E-state index contributed by atoms with van der Waals surface area (Å²) in [5, 5.41) is 9.81. The fraction of sp³-hybridized carbons (Fsp3) is 0.611. The minimum absolute atomic E-state index is 0.228. The standard InChI is InChI=1S/C18H26N4/c1-2-20-10-8-18(16-19,9-11-20)22-14-12-21(13-15-22)17-6-4-3-5-7-17/h3-7H,2,8-15H2,1H3. The van der Waals surface area contributed by atoms with Crippen molar-refractivity contribution in [2.24, 2.45) is 0 Å². The third kappa shape index (κ3) is 2.97. The van der Waals surface area contributed by atoms with E-state index < -0.39 is 0 Å². The molecule has 0 bridgehead atoms. The Morgan fingerprint density at radius 1 is 1.00 bits per heavy atom. The van der Waals surface area contributed by atoms with Crippen LogP contribution in [0.5, 0.6) is 0 Å². The van der Waals surface area contributed by atoms with Crippen LogP contribution in [-0.4, -0.2) is 61.2 Å². The molecule has 0 saturated carbocycles. The van der Waals surface area contributed by atoms with Gasteiger partial charge in [0.2, 0.25) is 0 Å². The first-order chi connectivity index (χ1) is 10.8. The molecule has 1 aromatic rings. The SMILES string of the molecule is CCN1CCC(C#N)(N2CCN(c3ccccc3)CC2)CC1. The monoisotopic (exact) mass is 298 g/mol. The minimum Gasteiger partial charge on any atom is -0.369 e. The molecule has 0 aliphatic carbocycles. The van der Waals surface area contributed by atoms with E-state index in [1.807, 2.05) is 0 Å². The van der Waals surface area contributed by atoms with E-state index in [2.05, 4.69) is 58.0 Å². The zero-order valence-electron chi connectivity index (χ0n) is 13.5. The predicted molar refractivity (Wildman–Crippen MR) is 89.9 cm³/mol. The Morgan fingerprint density at radius 3 is 2.18 bits per heavy atom. The predicted octanol–water partition coefficient (Wildman–Crippen LogP) is 2.19. The van der Waals surface area contributed by atoms with Gasteiger partial charge in [0, 0.05) is 45.0 Å². The summed E-state index contributed by atoms with van der Waals surface area (Å²) < 4.78 is 0. The Hall–Kier alpha value is -1.57. The minimum atomic E-state index is -0.228. The average Bonchev–Trinajstić information content (AvgIpc) is 2.63. The van der Waals surface area contributed by atoms with Crippen molar-refractivity contribution in [1.82, 2.24) is 9.80 Å². The maximum atomic E-state index is 9.81. The van der Waals surface area contributed by atoms with Crippen LogP contribution < -0.4 is 4.90 Å². The first-order valence-electron chi connectivity index (χ1n) is 8.46. The Bertz CT molecular complexity index is 506. The van der Waals surface area contributed by atoms with E-state index in [0.717, 1.165) is 58.7 Å². The summed E-state index contributed by atoms with van der Waals surface area (Å²) in [6.45, 7) is 9.45. The highest BCUT2D eigenvalue weighted by Crippen LogP contribution is 2.30. The van der Waals surface area contributed by atoms with Gasteiger partial charge < -0.3 is 9.80 Å². The Labute approximate surface area is 133 Å². The van der Waals surface area contributed by atoms with Gasteiger partial charge in [-0.1, -0.05) is 25.1 Å². The Morgan fingerprint density at radius 2 is 1.64 bits per heavy atom. The molecule has 3 rings (SSSR count). The molecule has 118 valence electrons. The van der Waals surface area contributed by atoms with E-state index in [4.69, 9.17) is 0 Å². The van der Waals surface area contributed by atoms with Crippen LogP contribution in [0, 0.1) is 11.3 Å². The van der Waals surface area contributed by atoms with Crippen molar-refractivity contribution in [2.75, 3.05) is 50.7 Å². The van der Waals surface area contributed by atoms with Crippen molar-refractivity contribution < 1.29 is 0 Å². The summed E-state index contributed by atoms with van der Waals surface area (Å²) in [6, 6.07) is 13.3. The number of hydrogen-bond donors (Lipinski definition) is 0. The van der Waals surface area contributed by atoms with Crippen LogP contribution >= 0.6 is 0 Å². The number of nitrogens with zero attached hydrogens (tertiary/aromatic N) is 4. The van der Waals surface area contributed by atoms with Crippen LogP contribution in [-0.2, 0) is 0 Å². The molecule has 0 aromatic heterocycles. The van der Waals surface area contributed by atoms with Gasteiger partial charge in [-0.15, -0.1) is 0 Å². The van der Waals surface area contributed by atoms with Gasteiger partial charge >= 0.3 is 0 Å². The number of piperazine rings is 1. The third-order valence-electron chi connectivity index (χ3n) is 5.34. The normalized spacial score (nSPS) is 23.2. The summed E-state index contributed by atoms with van der Waals surface area (Å²) in [5.74, 6) is 0. The number of anilines is 1. The van der Waals surface area contributed by atoms with Gasteiger partial charge in [-0.2, -0.15) is 5.26 Å². The quantitative estimate of drug-likeness (QED) is 0.856. The first kappa shape index (κ1) is 15.3. The number of likely N-dealkylation sites (tertiary alicyclic amines) is 1. The molecule has 0 unspecified atom stereocenters. The lowest BCUT2D eigenvalue weighted by molar-refractivity contribution is 0.0582. The highest BCUT2D eigenvalue weighted by atomic mass is 15.3. The topological polar surface area (TPSA) is 33.5 Å². The van der Waals surface area contributed by atoms with Crippen LogP contribution in [0.1, 0.15) is 19.8 Å². The number of hydrogen-bond acceptors (Lipinski definition) is 4. The molecule has 0 radical (unpaired) electrons. The third-order valence-corrected chi connectivity index (χ3v) is 5.34. The lowest BCUT2D eigenvalue weighted by atomic mass is 9.86. The fourth-order valence-electron chi connectivity index (χ4n) is 3.77. The van der Waals surface area contributed by atoms with Gasteiger partial charge in [0.1, 0.15) is 5.54 Å². The second-order valence-electron chi connectivity index (χ2n) is 6.39. The number of piperidine rings is 1. The molecule has 2 aliphatic rings. The van der Waals surface area contributed by atoms with Gasteiger partial charge in [0.05, 0.1) is 6.07 Å². The number of benzene rings is 1. The van der Waals surface area contributed by atoms with E-state index in [0.29, 0.717) is 0 Å². The lowest BCUT2D eigenvalue weighted by Gasteiger charge is -2.47. The Balaban J connectivity index is 1.62. The van der Waals surface area contributed by atoms with Crippen LogP contribution in [0.25, 0.3) is 0 Å². The molecule has 22 heavy (non-hydrogen) atoms. The number of para-hydroxylation sites is 1.